The van der Waals surface area contributed by atoms with Crippen LogP contribution in [0.15, 0.2) is 24.4 Å². The summed E-state index contributed by atoms with van der Waals surface area (Å²) in [6.07, 6.45) is 3.95. The van der Waals surface area contributed by atoms with Crippen LogP contribution in [-0.2, 0) is 16.0 Å². The first-order valence-electron chi connectivity index (χ1n) is 9.84. The Bertz CT molecular complexity index is 763. The van der Waals surface area contributed by atoms with Crippen LogP contribution in [0.4, 0.5) is 4.79 Å². The van der Waals surface area contributed by atoms with Crippen molar-refractivity contribution in [1.82, 2.24) is 9.47 Å². The summed E-state index contributed by atoms with van der Waals surface area (Å²) >= 11 is 0. The number of nitrogens with zero attached hydrogens (tertiary/aromatic N) is 2. The molecule has 1 aromatic heterocycles. The summed E-state index contributed by atoms with van der Waals surface area (Å²) in [4.78, 5) is 13.8. The lowest BCUT2D eigenvalue weighted by atomic mass is 9.89. The molecular formula is C21H30N2O4. The molecule has 0 bridgehead atoms. The van der Waals surface area contributed by atoms with E-state index in [-0.39, 0.29) is 6.09 Å². The lowest BCUT2D eigenvalue weighted by Gasteiger charge is -2.31. The largest absolute Gasteiger partial charge is 0.497 e. The van der Waals surface area contributed by atoms with Crippen molar-refractivity contribution in [3.05, 3.63) is 30.0 Å². The number of carbonyl (C=O) groups is 1. The van der Waals surface area contributed by atoms with E-state index in [1.807, 2.05) is 24.8 Å². The maximum atomic E-state index is 12.0. The molecule has 0 aliphatic carbocycles. The molecule has 0 N–H and O–H groups in total. The van der Waals surface area contributed by atoms with Crippen LogP contribution in [0.3, 0.4) is 0 Å². The highest BCUT2D eigenvalue weighted by Crippen LogP contribution is 2.36. The van der Waals surface area contributed by atoms with Gasteiger partial charge in [-0.25, -0.2) is 4.79 Å². The van der Waals surface area contributed by atoms with E-state index < -0.39 is 0 Å². The van der Waals surface area contributed by atoms with Gasteiger partial charge in [-0.15, -0.1) is 0 Å². The third kappa shape index (κ3) is 4.38. The third-order valence-corrected chi connectivity index (χ3v) is 5.26. The van der Waals surface area contributed by atoms with E-state index in [0.717, 1.165) is 44.8 Å². The summed E-state index contributed by atoms with van der Waals surface area (Å²) in [5.74, 6) is 1.30. The Morgan fingerprint density at radius 1 is 1.19 bits per heavy atom. The minimum atomic E-state index is -0.197. The highest BCUT2D eigenvalue weighted by Gasteiger charge is 2.27. The molecule has 27 heavy (non-hydrogen) atoms. The lowest BCUT2D eigenvalue weighted by Crippen LogP contribution is -2.38. The second kappa shape index (κ2) is 9.13. The van der Waals surface area contributed by atoms with Gasteiger partial charge >= 0.3 is 6.09 Å². The number of rotatable bonds is 7. The molecule has 148 valence electrons. The van der Waals surface area contributed by atoms with E-state index in [2.05, 4.69) is 22.9 Å². The Labute approximate surface area is 161 Å². The molecular weight excluding hydrogens is 344 g/mol. The Morgan fingerprint density at radius 2 is 1.96 bits per heavy atom. The summed E-state index contributed by atoms with van der Waals surface area (Å²) in [6, 6.07) is 6.25. The Balaban J connectivity index is 1.82. The van der Waals surface area contributed by atoms with Crippen LogP contribution < -0.4 is 4.74 Å². The highest BCUT2D eigenvalue weighted by molar-refractivity contribution is 5.86. The molecule has 1 aromatic carbocycles. The second-order valence-corrected chi connectivity index (χ2v) is 6.82. The first-order valence-corrected chi connectivity index (χ1v) is 9.84. The number of hydrogen-bond donors (Lipinski definition) is 0. The predicted molar refractivity (Wildman–Crippen MR) is 106 cm³/mol. The number of piperidine rings is 1. The molecule has 1 amide bonds. The van der Waals surface area contributed by atoms with Crippen molar-refractivity contribution in [2.24, 2.45) is 0 Å². The minimum Gasteiger partial charge on any atom is -0.497 e. The van der Waals surface area contributed by atoms with Crippen molar-refractivity contribution in [2.45, 2.75) is 39.2 Å². The van der Waals surface area contributed by atoms with E-state index in [0.29, 0.717) is 19.1 Å². The number of likely N-dealkylation sites (tertiary alicyclic amines) is 1. The molecule has 1 saturated heterocycles. The van der Waals surface area contributed by atoms with Crippen LogP contribution in [-0.4, -0.2) is 55.6 Å². The molecule has 0 unspecified atom stereocenters. The van der Waals surface area contributed by atoms with Crippen LogP contribution >= 0.6 is 0 Å². The van der Waals surface area contributed by atoms with Gasteiger partial charge in [0.1, 0.15) is 5.75 Å². The van der Waals surface area contributed by atoms with Crippen molar-refractivity contribution in [2.75, 3.05) is 40.0 Å². The molecule has 2 heterocycles. The van der Waals surface area contributed by atoms with Crippen molar-refractivity contribution in [3.63, 3.8) is 0 Å². The van der Waals surface area contributed by atoms with Gasteiger partial charge in [-0.3, -0.25) is 0 Å². The first kappa shape index (κ1) is 19.5. The van der Waals surface area contributed by atoms with Crippen molar-refractivity contribution < 1.29 is 19.0 Å². The van der Waals surface area contributed by atoms with Crippen molar-refractivity contribution in [1.29, 1.82) is 0 Å². The number of amides is 1. The monoisotopic (exact) mass is 374 g/mol. The number of carbonyl (C=O) groups excluding carboxylic acids is 1. The zero-order chi connectivity index (χ0) is 19.2. The fraction of sp³-hybridized carbons (Fsp3) is 0.571. The zero-order valence-electron chi connectivity index (χ0n) is 16.6. The highest BCUT2D eigenvalue weighted by atomic mass is 16.6. The molecule has 6 nitrogen and oxygen atoms in total. The summed E-state index contributed by atoms with van der Waals surface area (Å²) in [7, 11) is 1.70. The maximum absolute atomic E-state index is 12.0. The molecule has 3 rings (SSSR count). The van der Waals surface area contributed by atoms with Crippen molar-refractivity contribution >= 4 is 17.0 Å². The van der Waals surface area contributed by atoms with Crippen molar-refractivity contribution in [3.8, 4) is 5.75 Å². The molecule has 0 radical (unpaired) electrons. The van der Waals surface area contributed by atoms with E-state index in [1.54, 1.807) is 7.11 Å². The van der Waals surface area contributed by atoms with E-state index in [1.165, 1.54) is 16.5 Å². The molecule has 0 atom stereocenters. The fourth-order valence-electron chi connectivity index (χ4n) is 3.84. The van der Waals surface area contributed by atoms with E-state index in [4.69, 9.17) is 14.2 Å². The third-order valence-electron chi connectivity index (χ3n) is 5.26. The van der Waals surface area contributed by atoms with Crippen LogP contribution in [0.5, 0.6) is 5.75 Å². The molecule has 0 spiro atoms. The number of methoxy groups -OCH3 is 1. The average Bonchev–Trinajstić information content (AvgIpc) is 3.06. The molecule has 2 aromatic rings. The number of ether oxygens (including phenoxy) is 3. The van der Waals surface area contributed by atoms with E-state index in [9.17, 15) is 4.79 Å². The topological polar surface area (TPSA) is 52.9 Å². The Hall–Kier alpha value is -2.21. The number of aromatic nitrogens is 1. The maximum Gasteiger partial charge on any atom is 0.409 e. The van der Waals surface area contributed by atoms with Gasteiger partial charge in [0.15, 0.2) is 0 Å². The lowest BCUT2D eigenvalue weighted by molar-refractivity contribution is 0.0971. The molecule has 0 saturated carbocycles. The second-order valence-electron chi connectivity index (χ2n) is 6.82. The van der Waals surface area contributed by atoms with Gasteiger partial charge in [-0.2, -0.15) is 0 Å². The van der Waals surface area contributed by atoms with Crippen LogP contribution in [0.2, 0.25) is 0 Å². The van der Waals surface area contributed by atoms with Gasteiger partial charge in [0.05, 0.1) is 20.3 Å². The standard InChI is InChI=1S/C21H30N2O4/c1-4-26-13-12-23-15-19(18-14-17(25-3)6-7-20(18)23)16-8-10-22(11-9-16)21(24)27-5-2/h6-7,14-16H,4-5,8-13H2,1-3H3. The SMILES string of the molecule is CCOCCn1cc(C2CCN(C(=O)OCC)CC2)c2cc(OC)ccc21. The predicted octanol–water partition coefficient (Wildman–Crippen LogP) is 4.02. The number of benzene rings is 1. The van der Waals surface area contributed by atoms with Crippen LogP contribution in [0.25, 0.3) is 10.9 Å². The molecule has 1 aliphatic rings. The summed E-state index contributed by atoms with van der Waals surface area (Å²) in [5, 5.41) is 1.24. The smallest absolute Gasteiger partial charge is 0.409 e. The first-order chi connectivity index (χ1) is 13.2. The van der Waals surface area contributed by atoms with Crippen LogP contribution in [0.1, 0.15) is 38.2 Å². The molecule has 6 heteroatoms. The average molecular weight is 374 g/mol. The van der Waals surface area contributed by atoms with Crippen LogP contribution in [0, 0.1) is 0 Å². The minimum absolute atomic E-state index is 0.197. The Morgan fingerprint density at radius 3 is 2.63 bits per heavy atom. The normalized spacial score (nSPS) is 15.3. The molecule has 1 aliphatic heterocycles. The summed E-state index contributed by atoms with van der Waals surface area (Å²) in [5.41, 5.74) is 2.54. The van der Waals surface area contributed by atoms with Gasteiger partial charge < -0.3 is 23.7 Å². The number of hydrogen-bond acceptors (Lipinski definition) is 4. The van der Waals surface area contributed by atoms with Gasteiger partial charge in [0.2, 0.25) is 0 Å². The quantitative estimate of drug-likeness (QED) is 0.687. The van der Waals surface area contributed by atoms with Gasteiger partial charge in [0.25, 0.3) is 0 Å². The van der Waals surface area contributed by atoms with Gasteiger partial charge in [0, 0.05) is 43.3 Å². The van der Waals surface area contributed by atoms with E-state index >= 15 is 0 Å². The number of fused-ring (bicyclic) bond motifs is 1. The Kier molecular flexibility index (Phi) is 6.61. The summed E-state index contributed by atoms with van der Waals surface area (Å²) < 4.78 is 18.4. The molecule has 1 fully saturated rings. The van der Waals surface area contributed by atoms with Gasteiger partial charge in [-0.1, -0.05) is 0 Å². The summed E-state index contributed by atoms with van der Waals surface area (Å²) in [6.45, 7) is 8.01. The van der Waals surface area contributed by atoms with Gasteiger partial charge in [-0.05, 0) is 56.4 Å². The fourth-order valence-corrected chi connectivity index (χ4v) is 3.84. The zero-order valence-corrected chi connectivity index (χ0v) is 16.6.